The zero-order valence-corrected chi connectivity index (χ0v) is 26.5. The van der Waals surface area contributed by atoms with Crippen LogP contribution in [0.15, 0.2) is 91.0 Å². The standard InChI is InChI=1S/C38H31N9O/c1-3-47(4-2)19-20-48-22-17-18-29-30(21-22)38-45-36-28-16-10-9-15-27(28)34(43-36)41-32-24-12-6-5-11-23(24)31(39-32)40-33-25-13-7-8-14-26(25)35(42-33)44-37(29)46-38/h5-18,21H,3-4,19-20H2,1-2H3,(H2,39,40,41,42,43,44,45,46). The Morgan fingerprint density at radius 3 is 1.38 bits per heavy atom. The largest absolute Gasteiger partial charge is 0.492 e. The Balaban J connectivity index is 1.35. The molecule has 4 aromatic carbocycles. The van der Waals surface area contributed by atoms with Crippen molar-refractivity contribution in [2.45, 2.75) is 13.8 Å². The van der Waals surface area contributed by atoms with Crippen molar-refractivity contribution in [2.24, 2.45) is 0 Å². The molecule has 0 fully saturated rings. The molecule has 2 aliphatic rings. The molecular weight excluding hydrogens is 598 g/mol. The molecule has 5 heterocycles. The van der Waals surface area contributed by atoms with E-state index in [0.717, 1.165) is 69.2 Å². The topological polar surface area (TPSA) is 121 Å². The van der Waals surface area contributed by atoms with Crippen LogP contribution >= 0.6 is 0 Å². The van der Waals surface area contributed by atoms with E-state index < -0.39 is 0 Å². The fourth-order valence-electron chi connectivity index (χ4n) is 6.54. The van der Waals surface area contributed by atoms with E-state index in [9.17, 15) is 0 Å². The Morgan fingerprint density at radius 2 is 0.917 bits per heavy atom. The number of benzene rings is 4. The number of fused-ring (bicyclic) bond motifs is 20. The molecule has 9 rings (SSSR count). The summed E-state index contributed by atoms with van der Waals surface area (Å²) in [4.78, 5) is 39.6. The molecule has 0 unspecified atom stereocenters. The highest BCUT2D eigenvalue weighted by molar-refractivity contribution is 6.06. The monoisotopic (exact) mass is 629 g/mol. The number of likely N-dealkylation sites (N-methyl/N-ethyl adjacent to an activating group) is 1. The Hall–Kier alpha value is -6.00. The minimum Gasteiger partial charge on any atom is -0.492 e. The summed E-state index contributed by atoms with van der Waals surface area (Å²) in [7, 11) is 0. The van der Waals surface area contributed by atoms with Gasteiger partial charge >= 0.3 is 0 Å². The lowest BCUT2D eigenvalue weighted by atomic mass is 10.1. The summed E-state index contributed by atoms with van der Waals surface area (Å²) in [5, 5.41) is 3.67. The fourth-order valence-corrected chi connectivity index (χ4v) is 6.54. The van der Waals surface area contributed by atoms with Crippen molar-refractivity contribution in [3.05, 3.63) is 91.0 Å². The van der Waals surface area contributed by atoms with Crippen LogP contribution in [0.4, 0.5) is 0 Å². The first-order valence-corrected chi connectivity index (χ1v) is 16.3. The molecule has 48 heavy (non-hydrogen) atoms. The van der Waals surface area contributed by atoms with Gasteiger partial charge in [-0.2, -0.15) is 0 Å². The zero-order chi connectivity index (χ0) is 32.2. The number of aromatic nitrogens is 8. The van der Waals surface area contributed by atoms with Crippen molar-refractivity contribution in [3.63, 3.8) is 0 Å². The zero-order valence-electron chi connectivity index (χ0n) is 26.5. The van der Waals surface area contributed by atoms with Crippen LogP contribution in [0.2, 0.25) is 0 Å². The average Bonchev–Trinajstić information content (AvgIpc) is 3.86. The van der Waals surface area contributed by atoms with E-state index in [0.29, 0.717) is 52.5 Å². The van der Waals surface area contributed by atoms with Crippen molar-refractivity contribution >= 4 is 44.1 Å². The predicted molar refractivity (Wildman–Crippen MR) is 189 cm³/mol. The molecule has 2 aliphatic heterocycles. The Kier molecular flexibility index (Phi) is 6.68. The molecule has 10 nitrogen and oxygen atoms in total. The first-order valence-electron chi connectivity index (χ1n) is 16.3. The number of aromatic amines is 2. The summed E-state index contributed by atoms with van der Waals surface area (Å²) in [6, 6.07) is 30.2. The maximum absolute atomic E-state index is 6.23. The van der Waals surface area contributed by atoms with Crippen molar-refractivity contribution < 1.29 is 4.74 Å². The van der Waals surface area contributed by atoms with Gasteiger partial charge in [-0.3, -0.25) is 0 Å². The lowest BCUT2D eigenvalue weighted by Gasteiger charge is -2.17. The maximum atomic E-state index is 6.23. The minimum absolute atomic E-state index is 0.568. The molecule has 10 heteroatoms. The normalized spacial score (nSPS) is 12.1. The van der Waals surface area contributed by atoms with Gasteiger partial charge in [0.15, 0.2) is 23.3 Å². The van der Waals surface area contributed by atoms with Gasteiger partial charge in [0, 0.05) is 50.3 Å². The average molecular weight is 630 g/mol. The lowest BCUT2D eigenvalue weighted by molar-refractivity contribution is 0.223. The summed E-state index contributed by atoms with van der Waals surface area (Å²) in [6.07, 6.45) is 0. The number of hydrogen-bond donors (Lipinski definition) is 2. The quantitative estimate of drug-likeness (QED) is 0.193. The van der Waals surface area contributed by atoms with Gasteiger partial charge < -0.3 is 19.6 Å². The summed E-state index contributed by atoms with van der Waals surface area (Å²) in [5.74, 6) is 3.07. The van der Waals surface area contributed by atoms with Gasteiger partial charge in [0.1, 0.15) is 34.9 Å². The van der Waals surface area contributed by atoms with Gasteiger partial charge in [-0.1, -0.05) is 86.6 Å². The van der Waals surface area contributed by atoms with Crippen molar-refractivity contribution in [2.75, 3.05) is 26.2 Å². The van der Waals surface area contributed by atoms with E-state index >= 15 is 0 Å². The highest BCUT2D eigenvalue weighted by Crippen LogP contribution is 2.37. The lowest BCUT2D eigenvalue weighted by Crippen LogP contribution is -2.27. The second-order valence-electron chi connectivity index (χ2n) is 11.8. The van der Waals surface area contributed by atoms with E-state index in [2.05, 4.69) is 28.7 Å². The molecule has 7 aromatic rings. The predicted octanol–water partition coefficient (Wildman–Crippen LogP) is 7.59. The minimum atomic E-state index is 0.568. The van der Waals surface area contributed by atoms with Crippen LogP contribution in [0.3, 0.4) is 0 Å². The van der Waals surface area contributed by atoms with Crippen molar-refractivity contribution in [1.82, 2.24) is 44.8 Å². The number of nitrogens with one attached hydrogen (secondary N) is 2. The second-order valence-corrected chi connectivity index (χ2v) is 11.8. The fraction of sp³-hybridized carbons (Fsp3) is 0.158. The molecule has 0 saturated heterocycles. The van der Waals surface area contributed by atoms with E-state index in [4.69, 9.17) is 34.6 Å². The first kappa shape index (κ1) is 28.2. The number of H-pyrrole nitrogens is 2. The first-order chi connectivity index (χ1) is 23.7. The molecular formula is C38H31N9O. The molecule has 0 spiro atoms. The van der Waals surface area contributed by atoms with Gasteiger partial charge in [-0.25, -0.2) is 29.9 Å². The smallest absolute Gasteiger partial charge is 0.164 e. The summed E-state index contributed by atoms with van der Waals surface area (Å²) < 4.78 is 6.23. The van der Waals surface area contributed by atoms with Gasteiger partial charge in [0.05, 0.1) is 0 Å². The molecule has 0 saturated carbocycles. The third-order valence-corrected chi connectivity index (χ3v) is 9.10. The third kappa shape index (κ3) is 4.68. The molecule has 3 aromatic heterocycles. The molecule has 0 amide bonds. The molecule has 234 valence electrons. The van der Waals surface area contributed by atoms with E-state index in [1.807, 2.05) is 91.0 Å². The highest BCUT2D eigenvalue weighted by atomic mass is 16.5. The van der Waals surface area contributed by atoms with Crippen molar-refractivity contribution in [3.8, 4) is 51.3 Å². The molecule has 0 radical (unpaired) electrons. The number of rotatable bonds is 6. The van der Waals surface area contributed by atoms with Crippen LogP contribution in [0.25, 0.3) is 89.7 Å². The summed E-state index contributed by atoms with van der Waals surface area (Å²) in [6.45, 7) is 7.74. The van der Waals surface area contributed by atoms with Crippen molar-refractivity contribution in [1.29, 1.82) is 0 Å². The number of hydrogen-bond acceptors (Lipinski definition) is 8. The van der Waals surface area contributed by atoms with Crippen LogP contribution in [0.1, 0.15) is 13.8 Å². The second kappa shape index (κ2) is 11.4. The van der Waals surface area contributed by atoms with Gasteiger partial charge in [-0.05, 0) is 31.3 Å². The van der Waals surface area contributed by atoms with Crippen LogP contribution in [-0.2, 0) is 0 Å². The Labute approximate surface area is 275 Å². The van der Waals surface area contributed by atoms with E-state index in [1.165, 1.54) is 0 Å². The Bertz CT molecular complexity index is 2540. The highest BCUT2D eigenvalue weighted by Gasteiger charge is 2.22. The Morgan fingerprint density at radius 1 is 0.500 bits per heavy atom. The molecule has 8 bridgehead atoms. The number of nitrogens with zero attached hydrogens (tertiary/aromatic N) is 7. The van der Waals surface area contributed by atoms with Crippen LogP contribution in [-0.4, -0.2) is 71.0 Å². The van der Waals surface area contributed by atoms with Crippen LogP contribution in [0.5, 0.6) is 5.75 Å². The molecule has 0 aliphatic carbocycles. The van der Waals surface area contributed by atoms with Crippen LogP contribution < -0.4 is 4.74 Å². The SMILES string of the molecule is CCN(CC)CCOc1ccc2c3nc4nc(nc5[nH]c(nc6nc(nc([nH]3)c2c1)-c1ccccc1-6)c1ccccc51)-c1ccccc1-4. The summed E-state index contributed by atoms with van der Waals surface area (Å²) >= 11 is 0. The van der Waals surface area contributed by atoms with Gasteiger partial charge in [-0.15, -0.1) is 0 Å². The summed E-state index contributed by atoms with van der Waals surface area (Å²) in [5.41, 5.74) is 6.26. The molecule has 0 atom stereocenters. The van der Waals surface area contributed by atoms with Gasteiger partial charge in [0.25, 0.3) is 0 Å². The maximum Gasteiger partial charge on any atom is 0.164 e. The molecule has 2 N–H and O–H groups in total. The van der Waals surface area contributed by atoms with Gasteiger partial charge in [0.2, 0.25) is 0 Å². The third-order valence-electron chi connectivity index (χ3n) is 9.10. The van der Waals surface area contributed by atoms with E-state index in [1.54, 1.807) is 0 Å². The van der Waals surface area contributed by atoms with Crippen LogP contribution in [0, 0.1) is 0 Å². The number of ether oxygens (including phenoxy) is 1. The van der Waals surface area contributed by atoms with E-state index in [-0.39, 0.29) is 0 Å².